The van der Waals surface area contributed by atoms with E-state index in [1.807, 2.05) is 64.8 Å². The second-order valence-electron chi connectivity index (χ2n) is 8.04. The summed E-state index contributed by atoms with van der Waals surface area (Å²) in [6, 6.07) is 20.0. The van der Waals surface area contributed by atoms with Crippen LogP contribution in [0.1, 0.15) is 30.0 Å². The lowest BCUT2D eigenvalue weighted by molar-refractivity contribution is -0.113. The Balaban J connectivity index is 1.28. The van der Waals surface area contributed by atoms with Crippen molar-refractivity contribution >= 4 is 23.5 Å². The van der Waals surface area contributed by atoms with E-state index in [0.29, 0.717) is 16.9 Å². The number of anilines is 1. The van der Waals surface area contributed by atoms with Crippen LogP contribution in [0.25, 0.3) is 17.1 Å². The number of aromatic nitrogens is 5. The lowest BCUT2D eigenvalue weighted by atomic mass is 10.1. The molecular formula is C24H24N6OS. The molecule has 1 aliphatic rings. The number of para-hydroxylation sites is 1. The van der Waals surface area contributed by atoms with Crippen molar-refractivity contribution in [2.75, 3.05) is 11.1 Å². The van der Waals surface area contributed by atoms with Gasteiger partial charge in [-0.2, -0.15) is 5.10 Å². The van der Waals surface area contributed by atoms with Crippen molar-refractivity contribution in [1.82, 2.24) is 24.5 Å². The average Bonchev–Trinajstić information content (AvgIpc) is 3.48. The van der Waals surface area contributed by atoms with E-state index in [2.05, 4.69) is 34.6 Å². The third kappa shape index (κ3) is 4.31. The molecule has 0 saturated heterocycles. The third-order valence-corrected chi connectivity index (χ3v) is 6.49. The number of thioether (sulfide) groups is 1. The summed E-state index contributed by atoms with van der Waals surface area (Å²) < 4.78 is 3.73. The second-order valence-corrected chi connectivity index (χ2v) is 8.99. The lowest BCUT2D eigenvalue weighted by Crippen LogP contribution is -2.17. The molecule has 32 heavy (non-hydrogen) atoms. The first-order chi connectivity index (χ1) is 15.6. The number of nitrogens with zero attached hydrogens (tertiary/aromatic N) is 5. The van der Waals surface area contributed by atoms with Gasteiger partial charge in [0.25, 0.3) is 0 Å². The molecular weight excluding hydrogens is 420 g/mol. The highest BCUT2D eigenvalue weighted by molar-refractivity contribution is 7.99. The van der Waals surface area contributed by atoms with Gasteiger partial charge >= 0.3 is 0 Å². The average molecular weight is 445 g/mol. The maximum absolute atomic E-state index is 12.8. The number of carbonyl (C=O) groups is 1. The van der Waals surface area contributed by atoms with Crippen LogP contribution < -0.4 is 5.32 Å². The fourth-order valence-electron chi connectivity index (χ4n) is 3.54. The summed E-state index contributed by atoms with van der Waals surface area (Å²) in [6.45, 7) is 2.05. The van der Waals surface area contributed by atoms with Crippen LogP contribution in [-0.2, 0) is 11.8 Å². The van der Waals surface area contributed by atoms with Crippen LogP contribution in [0.5, 0.6) is 0 Å². The Morgan fingerprint density at radius 1 is 1.09 bits per heavy atom. The van der Waals surface area contributed by atoms with E-state index in [1.54, 1.807) is 0 Å². The lowest BCUT2D eigenvalue weighted by Gasteiger charge is -2.09. The summed E-state index contributed by atoms with van der Waals surface area (Å²) in [5, 5.41) is 17.0. The molecule has 1 saturated carbocycles. The summed E-state index contributed by atoms with van der Waals surface area (Å²) in [4.78, 5) is 12.8. The van der Waals surface area contributed by atoms with Gasteiger partial charge in [-0.1, -0.05) is 59.8 Å². The number of rotatable bonds is 7. The van der Waals surface area contributed by atoms with Gasteiger partial charge in [0, 0.05) is 24.6 Å². The van der Waals surface area contributed by atoms with Crippen molar-refractivity contribution in [1.29, 1.82) is 0 Å². The molecule has 0 radical (unpaired) electrons. The maximum Gasteiger partial charge on any atom is 0.236 e. The minimum absolute atomic E-state index is 0.102. The molecule has 2 aromatic carbocycles. The first-order valence-electron chi connectivity index (χ1n) is 10.6. The van der Waals surface area contributed by atoms with Crippen LogP contribution in [0.3, 0.4) is 0 Å². The minimum atomic E-state index is -0.102. The number of amides is 1. The van der Waals surface area contributed by atoms with Crippen LogP contribution in [0.15, 0.2) is 65.8 Å². The Morgan fingerprint density at radius 3 is 2.56 bits per heavy atom. The fourth-order valence-corrected chi connectivity index (χ4v) is 4.25. The van der Waals surface area contributed by atoms with Crippen LogP contribution >= 0.6 is 11.8 Å². The summed E-state index contributed by atoms with van der Waals surface area (Å²) in [5.74, 6) is 2.11. The molecule has 2 heterocycles. The van der Waals surface area contributed by atoms with Crippen LogP contribution in [0.2, 0.25) is 0 Å². The molecule has 4 aromatic rings. The molecule has 0 unspecified atom stereocenters. The largest absolute Gasteiger partial charge is 0.310 e. The number of hydrogen-bond acceptors (Lipinski definition) is 5. The Hall–Kier alpha value is -3.39. The first-order valence-corrected chi connectivity index (χ1v) is 11.6. The van der Waals surface area contributed by atoms with Gasteiger partial charge in [-0.05, 0) is 31.9 Å². The van der Waals surface area contributed by atoms with Crippen LogP contribution in [0.4, 0.5) is 5.82 Å². The van der Waals surface area contributed by atoms with E-state index in [1.165, 1.54) is 17.3 Å². The standard InChI is InChI=1S/C24H24N6OS/c1-16-8-10-18(11-9-16)23-26-27-24(29(23)2)32-15-22(31)25-21-14-20(17-12-13-17)28-30(21)19-6-4-3-5-7-19/h3-11,14,17H,12-13,15H2,1-2H3,(H,25,31). The summed E-state index contributed by atoms with van der Waals surface area (Å²) in [6.07, 6.45) is 2.31. The van der Waals surface area contributed by atoms with Gasteiger partial charge in [-0.25, -0.2) is 4.68 Å². The van der Waals surface area contributed by atoms with E-state index in [4.69, 9.17) is 5.10 Å². The van der Waals surface area contributed by atoms with Crippen molar-refractivity contribution in [2.45, 2.75) is 30.8 Å². The molecule has 1 amide bonds. The molecule has 0 bridgehead atoms. The smallest absolute Gasteiger partial charge is 0.236 e. The molecule has 8 heteroatoms. The minimum Gasteiger partial charge on any atom is -0.310 e. The van der Waals surface area contributed by atoms with E-state index in [0.717, 1.165) is 35.6 Å². The highest BCUT2D eigenvalue weighted by Crippen LogP contribution is 2.40. The number of hydrogen-bond donors (Lipinski definition) is 1. The second kappa shape index (κ2) is 8.63. The van der Waals surface area contributed by atoms with E-state index in [9.17, 15) is 4.79 Å². The number of aryl methyl sites for hydroxylation is 1. The van der Waals surface area contributed by atoms with Gasteiger partial charge in [0.2, 0.25) is 5.91 Å². The maximum atomic E-state index is 12.8. The van der Waals surface area contributed by atoms with Crippen molar-refractivity contribution in [3.63, 3.8) is 0 Å². The molecule has 162 valence electrons. The molecule has 0 spiro atoms. The van der Waals surface area contributed by atoms with E-state index >= 15 is 0 Å². The highest BCUT2D eigenvalue weighted by Gasteiger charge is 2.28. The van der Waals surface area contributed by atoms with Crippen LogP contribution in [0, 0.1) is 6.92 Å². The summed E-state index contributed by atoms with van der Waals surface area (Å²) in [5.41, 5.74) is 4.16. The fraction of sp³-hybridized carbons (Fsp3) is 0.250. The van der Waals surface area contributed by atoms with Gasteiger partial charge < -0.3 is 9.88 Å². The monoisotopic (exact) mass is 444 g/mol. The molecule has 1 N–H and O–H groups in total. The molecule has 7 nitrogen and oxygen atoms in total. The van der Waals surface area contributed by atoms with Gasteiger partial charge in [-0.3, -0.25) is 4.79 Å². The van der Waals surface area contributed by atoms with Crippen molar-refractivity contribution in [3.8, 4) is 17.1 Å². The first kappa shape index (κ1) is 20.5. The molecule has 1 aliphatic carbocycles. The summed E-state index contributed by atoms with van der Waals surface area (Å²) >= 11 is 1.37. The zero-order valence-corrected chi connectivity index (χ0v) is 18.8. The Kier molecular flexibility index (Phi) is 5.53. The van der Waals surface area contributed by atoms with Crippen molar-refractivity contribution in [3.05, 3.63) is 71.9 Å². The predicted octanol–water partition coefficient (Wildman–Crippen LogP) is 4.58. The third-order valence-electron chi connectivity index (χ3n) is 5.47. The Morgan fingerprint density at radius 2 is 1.84 bits per heavy atom. The summed E-state index contributed by atoms with van der Waals surface area (Å²) in [7, 11) is 1.92. The van der Waals surface area contributed by atoms with E-state index < -0.39 is 0 Å². The molecule has 5 rings (SSSR count). The van der Waals surface area contributed by atoms with E-state index in [-0.39, 0.29) is 11.7 Å². The van der Waals surface area contributed by atoms with Crippen LogP contribution in [-0.4, -0.2) is 36.2 Å². The number of carbonyl (C=O) groups excluding carboxylic acids is 1. The molecule has 1 fully saturated rings. The SMILES string of the molecule is Cc1ccc(-c2nnc(SCC(=O)Nc3cc(C4CC4)nn3-c3ccccc3)n2C)cc1. The van der Waals surface area contributed by atoms with Crippen molar-refractivity contribution in [2.24, 2.45) is 7.05 Å². The zero-order chi connectivity index (χ0) is 22.1. The van der Waals surface area contributed by atoms with Gasteiger partial charge in [0.15, 0.2) is 11.0 Å². The van der Waals surface area contributed by atoms with Gasteiger partial charge in [0.05, 0.1) is 17.1 Å². The van der Waals surface area contributed by atoms with Gasteiger partial charge in [0.1, 0.15) is 5.82 Å². The number of nitrogens with one attached hydrogen (secondary N) is 1. The quantitative estimate of drug-likeness (QED) is 0.422. The Labute approximate surface area is 190 Å². The Bertz CT molecular complexity index is 1240. The topological polar surface area (TPSA) is 77.6 Å². The zero-order valence-electron chi connectivity index (χ0n) is 18.0. The van der Waals surface area contributed by atoms with Gasteiger partial charge in [-0.15, -0.1) is 10.2 Å². The van der Waals surface area contributed by atoms with Crippen molar-refractivity contribution < 1.29 is 4.79 Å². The molecule has 0 aliphatic heterocycles. The number of benzene rings is 2. The molecule has 0 atom stereocenters. The highest BCUT2D eigenvalue weighted by atomic mass is 32.2. The molecule has 2 aromatic heterocycles. The predicted molar refractivity (Wildman–Crippen MR) is 126 cm³/mol. The normalized spacial score (nSPS) is 13.3.